The molecule has 0 saturated heterocycles. The van der Waals surface area contributed by atoms with E-state index in [9.17, 15) is 18.0 Å². The zero-order chi connectivity index (χ0) is 14.5. The summed E-state index contributed by atoms with van der Waals surface area (Å²) in [6.45, 7) is -1.12. The molecule has 1 amide bonds. The number of halogens is 3. The summed E-state index contributed by atoms with van der Waals surface area (Å²) in [4.78, 5) is 13.8. The highest BCUT2D eigenvalue weighted by Crippen LogP contribution is 2.27. The van der Waals surface area contributed by atoms with Gasteiger partial charge in [-0.25, -0.2) is 0 Å². The normalized spacial score (nSPS) is 15.3. The number of hydrogen-bond donors (Lipinski definition) is 1. The Balaban J connectivity index is 2.26. The topological polar surface area (TPSA) is 55.6 Å². The van der Waals surface area contributed by atoms with Crippen LogP contribution in [0.15, 0.2) is 0 Å². The first-order chi connectivity index (χ1) is 8.79. The van der Waals surface area contributed by atoms with Crippen LogP contribution < -0.4 is 5.73 Å². The van der Waals surface area contributed by atoms with Gasteiger partial charge in [0.15, 0.2) is 0 Å². The van der Waals surface area contributed by atoms with E-state index in [1.54, 1.807) is 4.90 Å². The van der Waals surface area contributed by atoms with Crippen molar-refractivity contribution in [3.63, 3.8) is 0 Å². The van der Waals surface area contributed by atoms with Crippen LogP contribution in [0.25, 0.3) is 0 Å². The Morgan fingerprint density at radius 1 is 1.37 bits per heavy atom. The average molecular weight is 298 g/mol. The third-order valence-corrected chi connectivity index (χ3v) is 2.84. The van der Waals surface area contributed by atoms with E-state index in [-0.39, 0.29) is 25.0 Å². The molecule has 0 heterocycles. The minimum atomic E-state index is -4.36. The maximum Gasteiger partial charge on any atom is 0.411 e. The molecule has 0 bridgehead atoms. The fourth-order valence-electron chi connectivity index (χ4n) is 1.62. The van der Waals surface area contributed by atoms with Gasteiger partial charge in [0.05, 0.1) is 18.0 Å². The summed E-state index contributed by atoms with van der Waals surface area (Å²) in [5, 5.41) is 0. The molecular weight excluding hydrogens is 281 g/mol. The van der Waals surface area contributed by atoms with Crippen molar-refractivity contribution < 1.29 is 22.7 Å². The second kappa shape index (κ2) is 7.04. The molecule has 1 aliphatic carbocycles. The first-order valence-electron chi connectivity index (χ1n) is 6.02. The highest BCUT2D eigenvalue weighted by atomic mass is 32.1. The van der Waals surface area contributed by atoms with Crippen LogP contribution >= 0.6 is 12.2 Å². The Hall–Kier alpha value is -0.890. The zero-order valence-corrected chi connectivity index (χ0v) is 11.2. The summed E-state index contributed by atoms with van der Waals surface area (Å²) in [5.41, 5.74) is 5.37. The Bertz CT molecular complexity index is 332. The maximum absolute atomic E-state index is 11.8. The summed E-state index contributed by atoms with van der Waals surface area (Å²) in [7, 11) is 0. The molecular formula is C11H17F3N2O2S. The van der Waals surface area contributed by atoms with Crippen molar-refractivity contribution in [2.24, 2.45) is 5.73 Å². The predicted molar refractivity (Wildman–Crippen MR) is 67.6 cm³/mol. The number of carbonyl (C=O) groups excluding carboxylic acids is 1. The first kappa shape index (κ1) is 16.2. The number of ether oxygens (including phenoxy) is 1. The van der Waals surface area contributed by atoms with Gasteiger partial charge in [0.1, 0.15) is 6.61 Å². The lowest BCUT2D eigenvalue weighted by atomic mass is 10.3. The van der Waals surface area contributed by atoms with Gasteiger partial charge in [-0.15, -0.1) is 0 Å². The Kier molecular flexibility index (Phi) is 5.99. The van der Waals surface area contributed by atoms with E-state index in [4.69, 9.17) is 18.0 Å². The number of carbonyl (C=O) groups is 1. The molecule has 0 aromatic carbocycles. The fraction of sp³-hybridized carbons (Fsp3) is 0.818. The van der Waals surface area contributed by atoms with Crippen molar-refractivity contribution in [1.29, 1.82) is 0 Å². The monoisotopic (exact) mass is 298 g/mol. The van der Waals surface area contributed by atoms with Crippen molar-refractivity contribution >= 4 is 23.1 Å². The summed E-state index contributed by atoms with van der Waals surface area (Å²) < 4.78 is 39.9. The molecule has 1 rings (SSSR count). The highest BCUT2D eigenvalue weighted by Gasteiger charge is 2.32. The Labute approximate surface area is 115 Å². The van der Waals surface area contributed by atoms with Gasteiger partial charge in [0.25, 0.3) is 0 Å². The molecule has 19 heavy (non-hydrogen) atoms. The SMILES string of the molecule is NC(=S)CCN(C(=O)CCOCC(F)(F)F)C1CC1. The van der Waals surface area contributed by atoms with E-state index in [1.807, 2.05) is 0 Å². The molecule has 0 aliphatic heterocycles. The van der Waals surface area contributed by atoms with E-state index in [2.05, 4.69) is 4.74 Å². The molecule has 0 atom stereocenters. The molecule has 0 aromatic heterocycles. The summed E-state index contributed by atoms with van der Waals surface area (Å²) in [6.07, 6.45) is -2.13. The molecule has 8 heteroatoms. The number of rotatable bonds is 8. The van der Waals surface area contributed by atoms with Gasteiger partial charge in [0, 0.05) is 19.0 Å². The van der Waals surface area contributed by atoms with E-state index >= 15 is 0 Å². The molecule has 0 aromatic rings. The molecule has 1 aliphatic rings. The van der Waals surface area contributed by atoms with Crippen LogP contribution in [0.3, 0.4) is 0 Å². The molecule has 0 unspecified atom stereocenters. The molecule has 110 valence electrons. The lowest BCUT2D eigenvalue weighted by Crippen LogP contribution is -2.36. The smallest absolute Gasteiger partial charge is 0.393 e. The Morgan fingerprint density at radius 3 is 2.47 bits per heavy atom. The van der Waals surface area contributed by atoms with Crippen LogP contribution in [0.4, 0.5) is 13.2 Å². The van der Waals surface area contributed by atoms with Gasteiger partial charge in [0.2, 0.25) is 5.91 Å². The summed E-state index contributed by atoms with van der Waals surface area (Å²) in [6, 6.07) is 0.185. The van der Waals surface area contributed by atoms with Gasteiger partial charge < -0.3 is 15.4 Å². The van der Waals surface area contributed by atoms with Gasteiger partial charge in [-0.2, -0.15) is 13.2 Å². The second-order valence-electron chi connectivity index (χ2n) is 4.45. The van der Waals surface area contributed by atoms with Crippen LogP contribution in [0.5, 0.6) is 0 Å². The van der Waals surface area contributed by atoms with Crippen LogP contribution in [-0.4, -0.2) is 47.8 Å². The number of amides is 1. The number of thiocarbonyl (C=S) groups is 1. The molecule has 2 N–H and O–H groups in total. The average Bonchev–Trinajstić information content (AvgIpc) is 3.07. The van der Waals surface area contributed by atoms with Crippen molar-refractivity contribution in [2.75, 3.05) is 19.8 Å². The van der Waals surface area contributed by atoms with Crippen molar-refractivity contribution in [3.05, 3.63) is 0 Å². The fourth-order valence-corrected chi connectivity index (χ4v) is 1.71. The van der Waals surface area contributed by atoms with E-state index in [0.717, 1.165) is 12.8 Å². The Morgan fingerprint density at radius 2 is 2.00 bits per heavy atom. The second-order valence-corrected chi connectivity index (χ2v) is 4.98. The molecule has 4 nitrogen and oxygen atoms in total. The summed E-state index contributed by atoms with van der Waals surface area (Å²) in [5.74, 6) is -0.207. The maximum atomic E-state index is 11.8. The molecule has 1 fully saturated rings. The van der Waals surface area contributed by atoms with Crippen molar-refractivity contribution in [1.82, 2.24) is 4.90 Å². The van der Waals surface area contributed by atoms with Gasteiger partial charge in [-0.3, -0.25) is 4.79 Å². The van der Waals surface area contributed by atoms with Gasteiger partial charge in [-0.1, -0.05) is 12.2 Å². The van der Waals surface area contributed by atoms with E-state index < -0.39 is 12.8 Å². The molecule has 0 radical (unpaired) electrons. The van der Waals surface area contributed by atoms with E-state index in [1.165, 1.54) is 0 Å². The van der Waals surface area contributed by atoms with Gasteiger partial charge in [-0.05, 0) is 12.8 Å². The largest absolute Gasteiger partial charge is 0.411 e. The van der Waals surface area contributed by atoms with Crippen LogP contribution in [0.1, 0.15) is 25.7 Å². The van der Waals surface area contributed by atoms with Crippen LogP contribution in [-0.2, 0) is 9.53 Å². The van der Waals surface area contributed by atoms with E-state index in [0.29, 0.717) is 18.0 Å². The number of nitrogens with zero attached hydrogens (tertiary/aromatic N) is 1. The quantitative estimate of drug-likeness (QED) is 0.546. The lowest BCUT2D eigenvalue weighted by molar-refractivity contribution is -0.175. The lowest BCUT2D eigenvalue weighted by Gasteiger charge is -2.22. The summed E-state index contributed by atoms with van der Waals surface area (Å²) >= 11 is 4.74. The van der Waals surface area contributed by atoms with Crippen LogP contribution in [0.2, 0.25) is 0 Å². The molecule has 1 saturated carbocycles. The van der Waals surface area contributed by atoms with Gasteiger partial charge >= 0.3 is 6.18 Å². The minimum Gasteiger partial charge on any atom is -0.393 e. The van der Waals surface area contributed by atoms with Crippen molar-refractivity contribution in [2.45, 2.75) is 37.9 Å². The van der Waals surface area contributed by atoms with Crippen molar-refractivity contribution in [3.8, 4) is 0 Å². The minimum absolute atomic E-state index is 0.0517. The predicted octanol–water partition coefficient (Wildman–Crippen LogP) is 1.62. The third kappa shape index (κ3) is 7.31. The zero-order valence-electron chi connectivity index (χ0n) is 10.4. The standard InChI is InChI=1S/C11H17F3N2O2S/c12-11(13,14)7-18-6-4-10(17)16(8-1-2-8)5-3-9(15)19/h8H,1-7H2,(H2,15,19). The third-order valence-electron chi connectivity index (χ3n) is 2.63. The first-order valence-corrected chi connectivity index (χ1v) is 6.42. The number of nitrogens with two attached hydrogens (primary N) is 1. The number of hydrogen-bond acceptors (Lipinski definition) is 3. The highest BCUT2D eigenvalue weighted by molar-refractivity contribution is 7.80. The molecule has 0 spiro atoms. The number of alkyl halides is 3. The van der Waals surface area contributed by atoms with Crippen LogP contribution in [0, 0.1) is 0 Å².